The van der Waals surface area contributed by atoms with E-state index in [0.29, 0.717) is 0 Å². The van der Waals surface area contributed by atoms with Gasteiger partial charge in [-0.15, -0.1) is 0 Å². The van der Waals surface area contributed by atoms with E-state index in [1.165, 1.54) is 17.0 Å². The maximum atomic E-state index is 10.8. The standard InChI is InChI=1S/C12H17NO2/c1-8-6-10(13(3)9(8)2)12(4-5-12)7-11(14)15/h6H,4-5,7H2,1-3H3,(H,14,15). The molecule has 0 aliphatic heterocycles. The molecule has 1 aromatic heterocycles. The van der Waals surface area contributed by atoms with Gasteiger partial charge in [0.25, 0.3) is 0 Å². The first-order chi connectivity index (χ1) is 6.96. The molecular formula is C12H17NO2. The van der Waals surface area contributed by atoms with E-state index in [2.05, 4.69) is 24.5 Å². The zero-order valence-electron chi connectivity index (χ0n) is 9.50. The summed E-state index contributed by atoms with van der Waals surface area (Å²) in [4.78, 5) is 10.8. The van der Waals surface area contributed by atoms with Crippen LogP contribution in [0, 0.1) is 13.8 Å². The first kappa shape index (κ1) is 10.3. The second-order valence-corrected chi connectivity index (χ2v) is 4.71. The second-order valence-electron chi connectivity index (χ2n) is 4.71. The molecule has 3 heteroatoms. The number of hydrogen-bond acceptors (Lipinski definition) is 1. The summed E-state index contributed by atoms with van der Waals surface area (Å²) in [6.45, 7) is 4.16. The Kier molecular flexibility index (Phi) is 2.14. The third kappa shape index (κ3) is 1.56. The molecule has 1 heterocycles. The molecule has 3 nitrogen and oxygen atoms in total. The summed E-state index contributed by atoms with van der Waals surface area (Å²) in [5.74, 6) is -0.691. The molecule has 0 amide bonds. The minimum absolute atomic E-state index is 0.0698. The van der Waals surface area contributed by atoms with Crippen molar-refractivity contribution in [1.82, 2.24) is 4.57 Å². The summed E-state index contributed by atoms with van der Waals surface area (Å²) in [5, 5.41) is 8.91. The van der Waals surface area contributed by atoms with E-state index in [9.17, 15) is 4.79 Å². The average Bonchev–Trinajstić information content (AvgIpc) is 2.86. The lowest BCUT2D eigenvalue weighted by Gasteiger charge is -2.14. The van der Waals surface area contributed by atoms with Crippen molar-refractivity contribution in [2.75, 3.05) is 0 Å². The van der Waals surface area contributed by atoms with Crippen LogP contribution in [0.3, 0.4) is 0 Å². The first-order valence-corrected chi connectivity index (χ1v) is 5.31. The Labute approximate surface area is 89.7 Å². The molecule has 2 rings (SSSR count). The van der Waals surface area contributed by atoms with Gasteiger partial charge in [-0.1, -0.05) is 0 Å². The van der Waals surface area contributed by atoms with Crippen LogP contribution in [0.1, 0.15) is 36.2 Å². The molecule has 1 fully saturated rings. The lowest BCUT2D eigenvalue weighted by molar-refractivity contribution is -0.137. The Morgan fingerprint density at radius 3 is 2.47 bits per heavy atom. The van der Waals surface area contributed by atoms with E-state index < -0.39 is 5.97 Å². The van der Waals surface area contributed by atoms with Gasteiger partial charge in [0, 0.05) is 23.9 Å². The summed E-state index contributed by atoms with van der Waals surface area (Å²) in [7, 11) is 2.03. The van der Waals surface area contributed by atoms with Crippen LogP contribution in [-0.2, 0) is 17.3 Å². The number of carbonyl (C=O) groups is 1. The SMILES string of the molecule is Cc1cc(C2(CC(=O)O)CC2)n(C)c1C. The van der Waals surface area contributed by atoms with Gasteiger partial charge in [-0.25, -0.2) is 0 Å². The van der Waals surface area contributed by atoms with Crippen LogP contribution in [0.15, 0.2) is 6.07 Å². The zero-order chi connectivity index (χ0) is 11.2. The predicted octanol–water partition coefficient (Wildman–Crippen LogP) is 2.15. The molecule has 0 bridgehead atoms. The van der Waals surface area contributed by atoms with Crippen LogP contribution in [0.25, 0.3) is 0 Å². The number of aromatic nitrogens is 1. The molecule has 1 N–H and O–H groups in total. The predicted molar refractivity (Wildman–Crippen MR) is 58.1 cm³/mol. The van der Waals surface area contributed by atoms with Crippen LogP contribution < -0.4 is 0 Å². The third-order valence-electron chi connectivity index (χ3n) is 3.67. The number of aliphatic carboxylic acids is 1. The molecule has 0 saturated heterocycles. The van der Waals surface area contributed by atoms with Gasteiger partial charge in [-0.2, -0.15) is 0 Å². The van der Waals surface area contributed by atoms with Crippen LogP contribution in [0.4, 0.5) is 0 Å². The molecule has 1 saturated carbocycles. The van der Waals surface area contributed by atoms with Crippen molar-refractivity contribution >= 4 is 5.97 Å². The summed E-state index contributed by atoms with van der Waals surface area (Å²) in [6, 6.07) is 2.14. The van der Waals surface area contributed by atoms with Crippen molar-refractivity contribution in [3.8, 4) is 0 Å². The minimum atomic E-state index is -0.691. The number of nitrogens with zero attached hydrogens (tertiary/aromatic N) is 1. The fourth-order valence-corrected chi connectivity index (χ4v) is 2.32. The Balaban J connectivity index is 2.37. The van der Waals surface area contributed by atoms with E-state index in [-0.39, 0.29) is 11.8 Å². The Morgan fingerprint density at radius 2 is 2.13 bits per heavy atom. The van der Waals surface area contributed by atoms with Gasteiger partial charge in [0.2, 0.25) is 0 Å². The van der Waals surface area contributed by atoms with E-state index in [1.54, 1.807) is 0 Å². The fourth-order valence-electron chi connectivity index (χ4n) is 2.32. The lowest BCUT2D eigenvalue weighted by Crippen LogP contribution is -2.16. The average molecular weight is 207 g/mol. The summed E-state index contributed by atoms with van der Waals surface area (Å²) in [5.41, 5.74) is 3.62. The van der Waals surface area contributed by atoms with E-state index in [0.717, 1.165) is 12.8 Å². The van der Waals surface area contributed by atoms with Gasteiger partial charge in [0.1, 0.15) is 0 Å². The van der Waals surface area contributed by atoms with Gasteiger partial charge < -0.3 is 9.67 Å². The molecule has 0 spiro atoms. The minimum Gasteiger partial charge on any atom is -0.481 e. The molecule has 1 aliphatic carbocycles. The highest BCUT2D eigenvalue weighted by molar-refractivity contribution is 5.70. The maximum Gasteiger partial charge on any atom is 0.304 e. The highest BCUT2D eigenvalue weighted by atomic mass is 16.4. The molecule has 0 unspecified atom stereocenters. The fraction of sp³-hybridized carbons (Fsp3) is 0.583. The Morgan fingerprint density at radius 1 is 1.53 bits per heavy atom. The van der Waals surface area contributed by atoms with Crippen molar-refractivity contribution in [2.24, 2.45) is 7.05 Å². The van der Waals surface area contributed by atoms with Crippen molar-refractivity contribution in [2.45, 2.75) is 38.5 Å². The van der Waals surface area contributed by atoms with E-state index in [4.69, 9.17) is 5.11 Å². The van der Waals surface area contributed by atoms with Crippen LogP contribution in [-0.4, -0.2) is 15.6 Å². The molecule has 1 aromatic rings. The topological polar surface area (TPSA) is 42.2 Å². The normalized spacial score (nSPS) is 17.8. The molecule has 15 heavy (non-hydrogen) atoms. The number of aryl methyl sites for hydroxylation is 1. The largest absolute Gasteiger partial charge is 0.481 e. The number of carboxylic acid groups (broad SMARTS) is 1. The molecule has 1 aliphatic rings. The lowest BCUT2D eigenvalue weighted by atomic mass is 9.98. The van der Waals surface area contributed by atoms with Crippen LogP contribution >= 0.6 is 0 Å². The number of rotatable bonds is 3. The van der Waals surface area contributed by atoms with Crippen molar-refractivity contribution in [1.29, 1.82) is 0 Å². The summed E-state index contributed by atoms with van der Waals surface area (Å²) < 4.78 is 2.14. The smallest absolute Gasteiger partial charge is 0.304 e. The Bertz CT molecular complexity index is 414. The highest BCUT2D eigenvalue weighted by Gasteiger charge is 2.48. The molecule has 0 aromatic carbocycles. The number of hydrogen-bond donors (Lipinski definition) is 1. The Hall–Kier alpha value is -1.25. The quantitative estimate of drug-likeness (QED) is 0.825. The van der Waals surface area contributed by atoms with Crippen LogP contribution in [0.5, 0.6) is 0 Å². The molecule has 82 valence electrons. The summed E-state index contributed by atoms with van der Waals surface area (Å²) >= 11 is 0. The molecule has 0 atom stereocenters. The van der Waals surface area contributed by atoms with Gasteiger partial charge in [-0.05, 0) is 38.3 Å². The molecular weight excluding hydrogens is 190 g/mol. The van der Waals surface area contributed by atoms with Gasteiger partial charge in [0.05, 0.1) is 6.42 Å². The van der Waals surface area contributed by atoms with Crippen molar-refractivity contribution in [3.63, 3.8) is 0 Å². The van der Waals surface area contributed by atoms with E-state index >= 15 is 0 Å². The van der Waals surface area contributed by atoms with Gasteiger partial charge >= 0.3 is 5.97 Å². The van der Waals surface area contributed by atoms with Gasteiger partial charge in [-0.3, -0.25) is 4.79 Å². The highest BCUT2D eigenvalue weighted by Crippen LogP contribution is 2.51. The van der Waals surface area contributed by atoms with E-state index in [1.807, 2.05) is 7.05 Å². The third-order valence-corrected chi connectivity index (χ3v) is 3.67. The second kappa shape index (κ2) is 3.12. The molecule has 0 radical (unpaired) electrons. The first-order valence-electron chi connectivity index (χ1n) is 5.31. The van der Waals surface area contributed by atoms with Gasteiger partial charge in [0.15, 0.2) is 0 Å². The zero-order valence-corrected chi connectivity index (χ0v) is 9.50. The van der Waals surface area contributed by atoms with Crippen LogP contribution in [0.2, 0.25) is 0 Å². The number of carboxylic acids is 1. The summed E-state index contributed by atoms with van der Waals surface area (Å²) in [6.07, 6.45) is 2.29. The monoisotopic (exact) mass is 207 g/mol. The maximum absolute atomic E-state index is 10.8. The van der Waals surface area contributed by atoms with Crippen molar-refractivity contribution in [3.05, 3.63) is 23.0 Å². The van der Waals surface area contributed by atoms with Crippen molar-refractivity contribution < 1.29 is 9.90 Å².